The van der Waals surface area contributed by atoms with Crippen LogP contribution in [0.4, 0.5) is 4.39 Å². The van der Waals surface area contributed by atoms with E-state index in [-0.39, 0.29) is 24.4 Å². The van der Waals surface area contributed by atoms with E-state index in [1.165, 1.54) is 23.2 Å². The van der Waals surface area contributed by atoms with Gasteiger partial charge in [-0.25, -0.2) is 9.40 Å². The van der Waals surface area contributed by atoms with Crippen LogP contribution in [-0.4, -0.2) is 29.5 Å². The molecule has 3 aromatic rings. The second-order valence-electron chi connectivity index (χ2n) is 7.60. The molecule has 0 radical (unpaired) electrons. The first-order valence-corrected chi connectivity index (χ1v) is 10.6. The van der Waals surface area contributed by atoms with Crippen molar-refractivity contribution in [3.63, 3.8) is 0 Å². The summed E-state index contributed by atoms with van der Waals surface area (Å²) in [5, 5.41) is 1.25. The van der Waals surface area contributed by atoms with E-state index in [1.54, 1.807) is 38.1 Å². The standard InChI is InChI=1S/C26H27FN2O3/c1-4-19-10-8-9-13-22(19)23-16-21(27)14-15-24(23)32-17-25(30)29(18(2)3)28-26(31)20-11-6-5-7-12-20/h5-16,18H,4,17H2,1-3H3,(H,28,31). The molecule has 0 heterocycles. The summed E-state index contributed by atoms with van der Waals surface area (Å²) in [5.74, 6) is -0.780. The summed E-state index contributed by atoms with van der Waals surface area (Å²) in [6.07, 6.45) is 0.775. The van der Waals surface area contributed by atoms with Gasteiger partial charge in [-0.1, -0.05) is 49.4 Å². The number of amides is 2. The zero-order valence-corrected chi connectivity index (χ0v) is 18.5. The van der Waals surface area contributed by atoms with Crippen molar-refractivity contribution >= 4 is 11.8 Å². The topological polar surface area (TPSA) is 58.6 Å². The van der Waals surface area contributed by atoms with Crippen molar-refractivity contribution in [2.24, 2.45) is 0 Å². The van der Waals surface area contributed by atoms with E-state index >= 15 is 0 Å². The minimum Gasteiger partial charge on any atom is -0.483 e. The van der Waals surface area contributed by atoms with Crippen molar-refractivity contribution in [2.75, 3.05) is 6.61 Å². The average Bonchev–Trinajstić information content (AvgIpc) is 2.81. The summed E-state index contributed by atoms with van der Waals surface area (Å²) >= 11 is 0. The molecule has 166 valence electrons. The number of halogens is 1. The Balaban J connectivity index is 1.78. The Morgan fingerprint density at radius 1 is 0.969 bits per heavy atom. The van der Waals surface area contributed by atoms with Gasteiger partial charge in [-0.05, 0) is 61.7 Å². The van der Waals surface area contributed by atoms with Crippen LogP contribution < -0.4 is 10.2 Å². The van der Waals surface area contributed by atoms with Gasteiger partial charge >= 0.3 is 0 Å². The fourth-order valence-corrected chi connectivity index (χ4v) is 3.38. The van der Waals surface area contributed by atoms with E-state index in [1.807, 2.05) is 37.3 Å². The van der Waals surface area contributed by atoms with Crippen LogP contribution in [0.3, 0.4) is 0 Å². The molecule has 32 heavy (non-hydrogen) atoms. The zero-order valence-electron chi connectivity index (χ0n) is 18.5. The Hall–Kier alpha value is -3.67. The largest absolute Gasteiger partial charge is 0.483 e. The Morgan fingerprint density at radius 3 is 2.34 bits per heavy atom. The first-order valence-electron chi connectivity index (χ1n) is 10.6. The average molecular weight is 435 g/mol. The molecule has 0 spiro atoms. The summed E-state index contributed by atoms with van der Waals surface area (Å²) < 4.78 is 19.8. The Bertz CT molecular complexity index is 1080. The highest BCUT2D eigenvalue weighted by atomic mass is 19.1. The number of hydrogen-bond donors (Lipinski definition) is 1. The van der Waals surface area contributed by atoms with E-state index in [9.17, 15) is 14.0 Å². The van der Waals surface area contributed by atoms with Crippen molar-refractivity contribution in [3.8, 4) is 16.9 Å². The number of ether oxygens (including phenoxy) is 1. The molecule has 0 aliphatic rings. The normalized spacial score (nSPS) is 10.7. The molecule has 2 amide bonds. The molecule has 0 aromatic heterocycles. The molecular weight excluding hydrogens is 407 g/mol. The van der Waals surface area contributed by atoms with Crippen LogP contribution in [-0.2, 0) is 11.2 Å². The Kier molecular flexibility index (Phi) is 7.60. The first-order chi connectivity index (χ1) is 15.4. The zero-order chi connectivity index (χ0) is 23.1. The highest BCUT2D eigenvalue weighted by molar-refractivity contribution is 5.95. The van der Waals surface area contributed by atoms with Crippen LogP contribution in [0.25, 0.3) is 11.1 Å². The number of benzene rings is 3. The summed E-state index contributed by atoms with van der Waals surface area (Å²) in [4.78, 5) is 25.4. The molecular formula is C26H27FN2O3. The lowest BCUT2D eigenvalue weighted by molar-refractivity contribution is -0.137. The van der Waals surface area contributed by atoms with Crippen LogP contribution in [0.5, 0.6) is 5.75 Å². The smallest absolute Gasteiger partial charge is 0.279 e. The second kappa shape index (κ2) is 10.6. The number of nitrogens with zero attached hydrogens (tertiary/aromatic N) is 1. The number of aryl methyl sites for hydroxylation is 1. The maximum atomic E-state index is 14.0. The van der Waals surface area contributed by atoms with Gasteiger partial charge in [-0.2, -0.15) is 0 Å². The van der Waals surface area contributed by atoms with Crippen LogP contribution in [0, 0.1) is 5.82 Å². The lowest BCUT2D eigenvalue weighted by Gasteiger charge is -2.27. The van der Waals surface area contributed by atoms with Crippen molar-refractivity contribution in [2.45, 2.75) is 33.2 Å². The summed E-state index contributed by atoms with van der Waals surface area (Å²) in [6.45, 7) is 5.31. The second-order valence-corrected chi connectivity index (χ2v) is 7.60. The highest BCUT2D eigenvalue weighted by Gasteiger charge is 2.21. The molecule has 3 rings (SSSR count). The summed E-state index contributed by atoms with van der Waals surface area (Å²) in [7, 11) is 0. The fraction of sp³-hybridized carbons (Fsp3) is 0.231. The summed E-state index contributed by atoms with van der Waals surface area (Å²) in [6, 6.07) is 20.3. The van der Waals surface area contributed by atoms with Crippen molar-refractivity contribution in [1.29, 1.82) is 0 Å². The van der Waals surface area contributed by atoms with Gasteiger partial charge in [0.25, 0.3) is 11.8 Å². The predicted molar refractivity (Wildman–Crippen MR) is 123 cm³/mol. The minimum absolute atomic E-state index is 0.285. The third kappa shape index (κ3) is 5.52. The van der Waals surface area contributed by atoms with Crippen LogP contribution in [0.15, 0.2) is 72.8 Å². The number of hydrogen-bond acceptors (Lipinski definition) is 3. The molecule has 0 fully saturated rings. The van der Waals surface area contributed by atoms with Crippen molar-refractivity contribution in [3.05, 3.63) is 89.7 Å². The summed E-state index contributed by atoms with van der Waals surface area (Å²) in [5.41, 5.74) is 5.58. The number of rotatable bonds is 7. The quantitative estimate of drug-likeness (QED) is 0.532. The van der Waals surface area contributed by atoms with E-state index in [4.69, 9.17) is 4.74 Å². The van der Waals surface area contributed by atoms with Gasteiger partial charge in [0.1, 0.15) is 11.6 Å². The van der Waals surface area contributed by atoms with Gasteiger partial charge in [0.15, 0.2) is 6.61 Å². The molecule has 6 heteroatoms. The number of carbonyl (C=O) groups excluding carboxylic acids is 2. The lowest BCUT2D eigenvalue weighted by Crippen LogP contribution is -2.51. The van der Waals surface area contributed by atoms with Gasteiger partial charge in [0.05, 0.1) is 0 Å². The molecule has 0 aliphatic heterocycles. The van der Waals surface area contributed by atoms with E-state index in [2.05, 4.69) is 5.43 Å². The van der Waals surface area contributed by atoms with Crippen LogP contribution >= 0.6 is 0 Å². The van der Waals surface area contributed by atoms with Crippen LogP contribution in [0.2, 0.25) is 0 Å². The monoisotopic (exact) mass is 434 g/mol. The van der Waals surface area contributed by atoms with Gasteiger partial charge in [-0.3, -0.25) is 15.0 Å². The molecule has 0 aliphatic carbocycles. The van der Waals surface area contributed by atoms with E-state index in [0.29, 0.717) is 16.9 Å². The lowest BCUT2D eigenvalue weighted by atomic mass is 9.97. The SMILES string of the molecule is CCc1ccccc1-c1cc(F)ccc1OCC(=O)N(NC(=O)c1ccccc1)C(C)C. The fourth-order valence-electron chi connectivity index (χ4n) is 3.38. The maximum absolute atomic E-state index is 14.0. The Morgan fingerprint density at radius 2 is 1.66 bits per heavy atom. The molecule has 0 saturated heterocycles. The molecule has 1 N–H and O–H groups in total. The Labute approximate surface area is 187 Å². The number of nitrogens with one attached hydrogen (secondary N) is 1. The third-order valence-electron chi connectivity index (χ3n) is 5.02. The van der Waals surface area contributed by atoms with Crippen molar-refractivity contribution < 1.29 is 18.7 Å². The number of hydrazine groups is 1. The van der Waals surface area contributed by atoms with Gasteiger partial charge < -0.3 is 4.74 Å². The highest BCUT2D eigenvalue weighted by Crippen LogP contribution is 2.33. The van der Waals surface area contributed by atoms with Gasteiger partial charge in [-0.15, -0.1) is 0 Å². The van der Waals surface area contributed by atoms with Crippen LogP contribution in [0.1, 0.15) is 36.7 Å². The molecule has 0 unspecified atom stereocenters. The number of carbonyl (C=O) groups is 2. The molecule has 0 bridgehead atoms. The molecule has 5 nitrogen and oxygen atoms in total. The molecule has 0 atom stereocenters. The predicted octanol–water partition coefficient (Wildman–Crippen LogP) is 5.02. The minimum atomic E-state index is -0.414. The van der Waals surface area contributed by atoms with E-state index < -0.39 is 5.91 Å². The van der Waals surface area contributed by atoms with E-state index in [0.717, 1.165) is 17.5 Å². The van der Waals surface area contributed by atoms with Gasteiger partial charge in [0.2, 0.25) is 0 Å². The third-order valence-corrected chi connectivity index (χ3v) is 5.02. The molecule has 3 aromatic carbocycles. The van der Waals surface area contributed by atoms with Gasteiger partial charge in [0, 0.05) is 17.2 Å². The maximum Gasteiger partial charge on any atom is 0.279 e. The molecule has 0 saturated carbocycles. The first kappa shape index (κ1) is 23.0. The van der Waals surface area contributed by atoms with Crippen molar-refractivity contribution in [1.82, 2.24) is 10.4 Å².